The number of sulfonamides is 1. The predicted octanol–water partition coefficient (Wildman–Crippen LogP) is 4.04. The summed E-state index contributed by atoms with van der Waals surface area (Å²) in [5, 5.41) is 1.92. The van der Waals surface area contributed by atoms with Crippen LogP contribution in [0.2, 0.25) is 0 Å². The zero-order valence-electron chi connectivity index (χ0n) is 17.9. The largest absolute Gasteiger partial charge is 0.328 e. The van der Waals surface area contributed by atoms with Crippen molar-refractivity contribution in [1.82, 2.24) is 9.21 Å². The Morgan fingerprint density at radius 3 is 2.35 bits per heavy atom. The molecular formula is C25H30N2O3S. The number of carbonyl (C=O) groups is 1. The van der Waals surface area contributed by atoms with Crippen molar-refractivity contribution in [3.63, 3.8) is 0 Å². The van der Waals surface area contributed by atoms with Gasteiger partial charge in [-0.15, -0.1) is 6.42 Å². The van der Waals surface area contributed by atoms with Gasteiger partial charge in [-0.25, -0.2) is 8.42 Å². The molecule has 2 aromatic rings. The van der Waals surface area contributed by atoms with E-state index in [0.717, 1.165) is 36.5 Å². The first-order valence-electron chi connectivity index (χ1n) is 11.2. The molecule has 0 aromatic heterocycles. The molecule has 0 unspecified atom stereocenters. The normalized spacial score (nSPS) is 19.2. The average molecular weight is 439 g/mol. The number of piperidine rings is 1. The standard InChI is InChI=1S/C25H30N2O3S/c1-2-16-27(23-10-4-3-5-11-23)25(28)21-14-17-26(18-15-21)31(29,30)24-13-12-20-8-6-7-9-22(20)19-24/h1,6-9,12-13,19,21,23H,3-5,10-11,14-18H2. The van der Waals surface area contributed by atoms with Gasteiger partial charge < -0.3 is 4.90 Å². The number of carbonyl (C=O) groups excluding carboxylic acids is 1. The molecule has 164 valence electrons. The fraction of sp³-hybridized carbons (Fsp3) is 0.480. The molecule has 31 heavy (non-hydrogen) atoms. The van der Waals surface area contributed by atoms with Gasteiger partial charge in [-0.3, -0.25) is 4.79 Å². The molecule has 1 amide bonds. The van der Waals surface area contributed by atoms with Gasteiger partial charge in [-0.1, -0.05) is 55.5 Å². The minimum atomic E-state index is -3.58. The number of benzene rings is 2. The third kappa shape index (κ3) is 4.63. The van der Waals surface area contributed by atoms with Crippen LogP contribution < -0.4 is 0 Å². The number of hydrogen-bond acceptors (Lipinski definition) is 3. The molecule has 0 atom stereocenters. The van der Waals surface area contributed by atoms with Gasteiger partial charge in [0.15, 0.2) is 0 Å². The number of amides is 1. The van der Waals surface area contributed by atoms with Crippen molar-refractivity contribution in [1.29, 1.82) is 0 Å². The highest BCUT2D eigenvalue weighted by molar-refractivity contribution is 7.89. The minimum Gasteiger partial charge on any atom is -0.328 e. The monoisotopic (exact) mass is 438 g/mol. The van der Waals surface area contributed by atoms with Gasteiger partial charge >= 0.3 is 0 Å². The summed E-state index contributed by atoms with van der Waals surface area (Å²) in [6.45, 7) is 1.07. The molecule has 1 aliphatic carbocycles. The fourth-order valence-electron chi connectivity index (χ4n) is 4.93. The third-order valence-corrected chi connectivity index (χ3v) is 8.62. The van der Waals surface area contributed by atoms with Crippen LogP contribution in [0.25, 0.3) is 10.8 Å². The van der Waals surface area contributed by atoms with E-state index in [-0.39, 0.29) is 17.9 Å². The highest BCUT2D eigenvalue weighted by atomic mass is 32.2. The van der Waals surface area contributed by atoms with Crippen LogP contribution in [0.4, 0.5) is 0 Å². The van der Waals surface area contributed by atoms with Gasteiger partial charge in [0.2, 0.25) is 15.9 Å². The van der Waals surface area contributed by atoms with Gasteiger partial charge in [-0.05, 0) is 48.6 Å². The highest BCUT2D eigenvalue weighted by Gasteiger charge is 2.35. The summed E-state index contributed by atoms with van der Waals surface area (Å²) in [6, 6.07) is 13.2. The molecule has 6 heteroatoms. The summed E-state index contributed by atoms with van der Waals surface area (Å²) in [7, 11) is -3.58. The van der Waals surface area contributed by atoms with E-state index < -0.39 is 10.0 Å². The molecule has 2 fully saturated rings. The van der Waals surface area contributed by atoms with Crippen LogP contribution in [-0.2, 0) is 14.8 Å². The molecule has 0 N–H and O–H groups in total. The van der Waals surface area contributed by atoms with Crippen molar-refractivity contribution < 1.29 is 13.2 Å². The summed E-state index contributed by atoms with van der Waals surface area (Å²) >= 11 is 0. The molecule has 4 rings (SSSR count). The maximum atomic E-state index is 13.2. The van der Waals surface area contributed by atoms with Gasteiger partial charge in [0.05, 0.1) is 11.4 Å². The molecule has 0 spiro atoms. The molecule has 5 nitrogen and oxygen atoms in total. The minimum absolute atomic E-state index is 0.104. The summed E-state index contributed by atoms with van der Waals surface area (Å²) in [4.78, 5) is 15.4. The molecule has 1 aliphatic heterocycles. The molecule has 1 saturated carbocycles. The number of rotatable bonds is 5. The fourth-order valence-corrected chi connectivity index (χ4v) is 6.44. The number of hydrogen-bond donors (Lipinski definition) is 0. The highest BCUT2D eigenvalue weighted by Crippen LogP contribution is 2.29. The first-order chi connectivity index (χ1) is 15.0. The molecule has 1 heterocycles. The van der Waals surface area contributed by atoms with Crippen molar-refractivity contribution in [3.05, 3.63) is 42.5 Å². The van der Waals surface area contributed by atoms with E-state index in [4.69, 9.17) is 6.42 Å². The van der Waals surface area contributed by atoms with Gasteiger partial charge in [0.1, 0.15) is 0 Å². The SMILES string of the molecule is C#CCN(C(=O)C1CCN(S(=O)(=O)c2ccc3ccccc3c2)CC1)C1CCCCC1. The summed E-state index contributed by atoms with van der Waals surface area (Å²) in [5.74, 6) is 2.60. The van der Waals surface area contributed by atoms with Crippen LogP contribution in [0.5, 0.6) is 0 Å². The van der Waals surface area contributed by atoms with Crippen molar-refractivity contribution in [2.75, 3.05) is 19.6 Å². The van der Waals surface area contributed by atoms with Crippen molar-refractivity contribution in [3.8, 4) is 12.3 Å². The second-order valence-electron chi connectivity index (χ2n) is 8.65. The second kappa shape index (κ2) is 9.42. The quantitative estimate of drug-likeness (QED) is 0.662. The van der Waals surface area contributed by atoms with E-state index in [1.807, 2.05) is 35.2 Å². The van der Waals surface area contributed by atoms with Gasteiger partial charge in [0, 0.05) is 25.0 Å². The Balaban J connectivity index is 1.44. The van der Waals surface area contributed by atoms with E-state index in [2.05, 4.69) is 5.92 Å². The van der Waals surface area contributed by atoms with Crippen LogP contribution in [0.3, 0.4) is 0 Å². The summed E-state index contributed by atoms with van der Waals surface area (Å²) < 4.78 is 27.9. The number of nitrogens with zero attached hydrogens (tertiary/aromatic N) is 2. The van der Waals surface area contributed by atoms with Crippen LogP contribution in [0.1, 0.15) is 44.9 Å². The lowest BCUT2D eigenvalue weighted by atomic mass is 9.91. The van der Waals surface area contributed by atoms with E-state index >= 15 is 0 Å². The van der Waals surface area contributed by atoms with Crippen LogP contribution in [-0.4, -0.2) is 49.2 Å². The maximum Gasteiger partial charge on any atom is 0.243 e. The smallest absolute Gasteiger partial charge is 0.243 e. The second-order valence-corrected chi connectivity index (χ2v) is 10.6. The van der Waals surface area contributed by atoms with Crippen LogP contribution in [0.15, 0.2) is 47.4 Å². The Bertz CT molecular complexity index is 1080. The maximum absolute atomic E-state index is 13.2. The van der Waals surface area contributed by atoms with Crippen molar-refractivity contribution in [2.24, 2.45) is 5.92 Å². The molecule has 0 radical (unpaired) electrons. The summed E-state index contributed by atoms with van der Waals surface area (Å²) in [5.41, 5.74) is 0. The molecule has 2 aliphatic rings. The average Bonchev–Trinajstić information content (AvgIpc) is 2.82. The zero-order valence-corrected chi connectivity index (χ0v) is 18.7. The molecule has 2 aromatic carbocycles. The Kier molecular flexibility index (Phi) is 6.64. The first kappa shape index (κ1) is 21.9. The Morgan fingerprint density at radius 1 is 1.00 bits per heavy atom. The van der Waals surface area contributed by atoms with Crippen LogP contribution >= 0.6 is 0 Å². The van der Waals surface area contributed by atoms with E-state index in [1.54, 1.807) is 12.1 Å². The molecule has 0 bridgehead atoms. The van der Waals surface area contributed by atoms with E-state index in [1.165, 1.54) is 10.7 Å². The third-order valence-electron chi connectivity index (χ3n) is 6.72. The predicted molar refractivity (Wildman–Crippen MR) is 123 cm³/mol. The molecule has 1 saturated heterocycles. The van der Waals surface area contributed by atoms with Gasteiger partial charge in [-0.2, -0.15) is 4.31 Å². The molecular weight excluding hydrogens is 408 g/mol. The summed E-state index contributed by atoms with van der Waals surface area (Å²) in [6.07, 6.45) is 12.2. The Hall–Kier alpha value is -2.36. The van der Waals surface area contributed by atoms with Crippen LogP contribution in [0, 0.1) is 18.3 Å². The lowest BCUT2D eigenvalue weighted by Gasteiger charge is -2.38. The topological polar surface area (TPSA) is 57.7 Å². The first-order valence-corrected chi connectivity index (χ1v) is 12.7. The van der Waals surface area contributed by atoms with Gasteiger partial charge in [0.25, 0.3) is 0 Å². The van der Waals surface area contributed by atoms with E-state index in [9.17, 15) is 13.2 Å². The van der Waals surface area contributed by atoms with Crippen molar-refractivity contribution >= 4 is 26.7 Å². The lowest BCUT2D eigenvalue weighted by molar-refractivity contribution is -0.139. The van der Waals surface area contributed by atoms with Crippen molar-refractivity contribution in [2.45, 2.75) is 55.9 Å². The Morgan fingerprint density at radius 2 is 1.68 bits per heavy atom. The van der Waals surface area contributed by atoms with E-state index in [0.29, 0.717) is 37.4 Å². The Labute approximate surface area is 185 Å². The number of terminal acetylenes is 1. The lowest BCUT2D eigenvalue weighted by Crippen LogP contribution is -2.48. The zero-order chi connectivity index (χ0) is 21.8. The number of fused-ring (bicyclic) bond motifs is 1.